The predicted molar refractivity (Wildman–Crippen MR) is 78.6 cm³/mol. The maximum Gasteiger partial charge on any atom is 0.573 e. The van der Waals surface area contributed by atoms with Gasteiger partial charge in [-0.25, -0.2) is 0 Å². The first-order valence-corrected chi connectivity index (χ1v) is 7.57. The smallest absolute Gasteiger partial charge is 0.406 e. The molecule has 0 atom stereocenters. The summed E-state index contributed by atoms with van der Waals surface area (Å²) >= 11 is 5.83. The van der Waals surface area contributed by atoms with Crippen LogP contribution >= 0.6 is 11.6 Å². The lowest BCUT2D eigenvalue weighted by molar-refractivity contribution is -0.274. The molecule has 0 spiro atoms. The van der Waals surface area contributed by atoms with Crippen LogP contribution in [0, 0.1) is 0 Å². The molecule has 0 amide bonds. The summed E-state index contributed by atoms with van der Waals surface area (Å²) in [7, 11) is 0. The molecule has 1 rings (SSSR count). The molecule has 0 heterocycles. The Morgan fingerprint density at radius 1 is 1.14 bits per heavy atom. The summed E-state index contributed by atoms with van der Waals surface area (Å²) in [5, 5.41) is 0. The van der Waals surface area contributed by atoms with Gasteiger partial charge < -0.3 is 4.74 Å². The zero-order chi connectivity index (χ0) is 15.9. The van der Waals surface area contributed by atoms with Crippen LogP contribution in [0.15, 0.2) is 24.3 Å². The highest BCUT2D eigenvalue weighted by Crippen LogP contribution is 2.23. The van der Waals surface area contributed by atoms with E-state index >= 15 is 0 Å². The van der Waals surface area contributed by atoms with Crippen LogP contribution in [0.2, 0.25) is 0 Å². The van der Waals surface area contributed by atoms with Crippen LogP contribution in [0.3, 0.4) is 0 Å². The molecule has 2 nitrogen and oxygen atoms in total. The van der Waals surface area contributed by atoms with Crippen molar-refractivity contribution < 1.29 is 17.9 Å². The van der Waals surface area contributed by atoms with Gasteiger partial charge in [0.15, 0.2) is 0 Å². The number of hydrogen-bond acceptors (Lipinski definition) is 2. The van der Waals surface area contributed by atoms with Crippen molar-refractivity contribution in [2.75, 3.05) is 12.4 Å². The highest BCUT2D eigenvalue weighted by molar-refractivity contribution is 6.18. The third-order valence-corrected chi connectivity index (χ3v) is 3.54. The van der Waals surface area contributed by atoms with Crippen LogP contribution in [0.1, 0.15) is 32.3 Å². The van der Waals surface area contributed by atoms with E-state index in [1.165, 1.54) is 12.1 Å². The fourth-order valence-corrected chi connectivity index (χ4v) is 2.55. The van der Waals surface area contributed by atoms with Gasteiger partial charge in [0.05, 0.1) is 0 Å². The Morgan fingerprint density at radius 2 is 1.71 bits per heavy atom. The highest BCUT2D eigenvalue weighted by atomic mass is 35.5. The average Bonchev–Trinajstić information content (AvgIpc) is 2.41. The molecule has 0 aliphatic heterocycles. The first-order valence-electron chi connectivity index (χ1n) is 7.04. The van der Waals surface area contributed by atoms with Crippen LogP contribution in [0.25, 0.3) is 0 Å². The van der Waals surface area contributed by atoms with Crippen LogP contribution in [0.5, 0.6) is 5.75 Å². The zero-order valence-corrected chi connectivity index (χ0v) is 13.0. The lowest BCUT2D eigenvalue weighted by atomic mass is 10.1. The van der Waals surface area contributed by atoms with Crippen LogP contribution in [-0.2, 0) is 6.54 Å². The van der Waals surface area contributed by atoms with Crippen LogP contribution in [-0.4, -0.2) is 29.7 Å². The molecular weight excluding hydrogens is 303 g/mol. The van der Waals surface area contributed by atoms with Crippen molar-refractivity contribution in [3.8, 4) is 5.75 Å². The monoisotopic (exact) mass is 323 g/mol. The lowest BCUT2D eigenvalue weighted by Gasteiger charge is -2.29. The standard InChI is InChI=1S/C15H21ClF3NO/c1-3-13(4-2)20(10-9-16)11-12-5-7-14(8-6-12)21-15(17,18)19/h5-8,13H,3-4,9-11H2,1-2H3. The molecule has 120 valence electrons. The topological polar surface area (TPSA) is 12.5 Å². The van der Waals surface area contributed by atoms with E-state index in [0.29, 0.717) is 18.5 Å². The minimum atomic E-state index is -4.65. The Bertz CT molecular complexity index is 404. The molecule has 0 fully saturated rings. The number of nitrogens with zero attached hydrogens (tertiary/aromatic N) is 1. The van der Waals surface area contributed by atoms with Crippen molar-refractivity contribution in [2.45, 2.75) is 45.6 Å². The first-order chi connectivity index (χ1) is 9.89. The summed E-state index contributed by atoms with van der Waals surface area (Å²) in [5.41, 5.74) is 0.946. The minimum absolute atomic E-state index is 0.197. The van der Waals surface area contributed by atoms with Crippen molar-refractivity contribution >= 4 is 11.6 Å². The molecule has 1 aromatic carbocycles. The third-order valence-electron chi connectivity index (χ3n) is 3.37. The van der Waals surface area contributed by atoms with Gasteiger partial charge >= 0.3 is 6.36 Å². The molecule has 0 saturated carbocycles. The Morgan fingerprint density at radius 3 is 2.14 bits per heavy atom. The van der Waals surface area contributed by atoms with Crippen molar-refractivity contribution in [2.24, 2.45) is 0 Å². The lowest BCUT2D eigenvalue weighted by Crippen LogP contribution is -2.35. The summed E-state index contributed by atoms with van der Waals surface area (Å²) in [4.78, 5) is 2.26. The molecule has 1 aromatic rings. The van der Waals surface area contributed by atoms with Crippen molar-refractivity contribution in [3.63, 3.8) is 0 Å². The fraction of sp³-hybridized carbons (Fsp3) is 0.600. The fourth-order valence-electron chi connectivity index (χ4n) is 2.34. The van der Waals surface area contributed by atoms with E-state index in [4.69, 9.17) is 11.6 Å². The quantitative estimate of drug-likeness (QED) is 0.636. The molecule has 0 radical (unpaired) electrons. The Hall–Kier alpha value is -0.940. The summed E-state index contributed by atoms with van der Waals surface area (Å²) in [6.45, 7) is 5.67. The van der Waals surface area contributed by atoms with Crippen molar-refractivity contribution in [1.29, 1.82) is 0 Å². The number of rotatable bonds is 8. The Kier molecular flexibility index (Phi) is 7.32. The van der Waals surface area contributed by atoms with Gasteiger partial charge in [-0.3, -0.25) is 4.90 Å². The van der Waals surface area contributed by atoms with E-state index < -0.39 is 6.36 Å². The van der Waals surface area contributed by atoms with Gasteiger partial charge in [0, 0.05) is 25.0 Å². The molecule has 0 aliphatic carbocycles. The van der Waals surface area contributed by atoms with Crippen LogP contribution < -0.4 is 4.74 Å². The highest BCUT2D eigenvalue weighted by Gasteiger charge is 2.31. The SMILES string of the molecule is CCC(CC)N(CCCl)Cc1ccc(OC(F)(F)F)cc1. The van der Waals surface area contributed by atoms with Gasteiger partial charge in [0.1, 0.15) is 5.75 Å². The normalized spacial score (nSPS) is 12.2. The number of benzene rings is 1. The maximum atomic E-state index is 12.1. The van der Waals surface area contributed by atoms with E-state index in [9.17, 15) is 13.2 Å². The second kappa shape index (κ2) is 8.49. The van der Waals surface area contributed by atoms with Gasteiger partial charge in [0.2, 0.25) is 0 Å². The number of hydrogen-bond donors (Lipinski definition) is 0. The molecular formula is C15H21ClF3NO. The van der Waals surface area contributed by atoms with Crippen molar-refractivity contribution in [3.05, 3.63) is 29.8 Å². The second-order valence-electron chi connectivity index (χ2n) is 4.82. The largest absolute Gasteiger partial charge is 0.573 e. The number of halogens is 4. The van der Waals surface area contributed by atoms with Gasteiger partial charge in [-0.15, -0.1) is 24.8 Å². The Labute approximate surface area is 128 Å². The summed E-state index contributed by atoms with van der Waals surface area (Å²) in [6, 6.07) is 6.42. The molecule has 0 bridgehead atoms. The van der Waals surface area contributed by atoms with E-state index in [1.54, 1.807) is 12.1 Å². The number of alkyl halides is 4. The van der Waals surface area contributed by atoms with Gasteiger partial charge in [-0.2, -0.15) is 0 Å². The summed E-state index contributed by atoms with van der Waals surface area (Å²) in [5.74, 6) is 0.337. The summed E-state index contributed by atoms with van der Waals surface area (Å²) in [6.07, 6.45) is -2.62. The van der Waals surface area contributed by atoms with E-state index in [-0.39, 0.29) is 5.75 Å². The molecule has 0 unspecified atom stereocenters. The average molecular weight is 324 g/mol. The molecule has 6 heteroatoms. The first kappa shape index (κ1) is 18.1. The van der Waals surface area contributed by atoms with Crippen LogP contribution in [0.4, 0.5) is 13.2 Å². The Balaban J connectivity index is 2.71. The molecule has 0 N–H and O–H groups in total. The zero-order valence-electron chi connectivity index (χ0n) is 12.3. The predicted octanol–water partition coefficient (Wildman–Crippen LogP) is 4.81. The van der Waals surface area contributed by atoms with Gasteiger partial charge in [-0.1, -0.05) is 26.0 Å². The van der Waals surface area contributed by atoms with Crippen molar-refractivity contribution in [1.82, 2.24) is 4.90 Å². The molecule has 0 aliphatic rings. The van der Waals surface area contributed by atoms with E-state index in [0.717, 1.165) is 24.9 Å². The molecule has 21 heavy (non-hydrogen) atoms. The molecule has 0 saturated heterocycles. The molecule has 0 aromatic heterocycles. The van der Waals surface area contributed by atoms with Gasteiger partial charge in [-0.05, 0) is 30.5 Å². The van der Waals surface area contributed by atoms with E-state index in [1.807, 2.05) is 0 Å². The third kappa shape index (κ3) is 6.57. The summed E-state index contributed by atoms with van der Waals surface area (Å²) < 4.78 is 40.2. The minimum Gasteiger partial charge on any atom is -0.406 e. The second-order valence-corrected chi connectivity index (χ2v) is 5.20. The van der Waals surface area contributed by atoms with Gasteiger partial charge in [0.25, 0.3) is 0 Å². The number of ether oxygens (including phenoxy) is 1. The van der Waals surface area contributed by atoms with E-state index in [2.05, 4.69) is 23.5 Å². The maximum absolute atomic E-state index is 12.1.